The van der Waals surface area contributed by atoms with E-state index in [4.69, 9.17) is 0 Å². The van der Waals surface area contributed by atoms with Gasteiger partial charge in [-0.3, -0.25) is 0 Å². The summed E-state index contributed by atoms with van der Waals surface area (Å²) in [7, 11) is 0. The monoisotopic (exact) mass is 416 g/mol. The van der Waals surface area contributed by atoms with Gasteiger partial charge in [-0.15, -0.1) is 0 Å². The fraction of sp³-hybridized carbons (Fsp3) is 0.250. The number of esters is 2. The zero-order chi connectivity index (χ0) is 21.3. The van der Waals surface area contributed by atoms with Crippen LogP contribution in [0.15, 0.2) is 30.3 Å². The van der Waals surface area contributed by atoms with Crippen molar-refractivity contribution in [2.24, 2.45) is 0 Å². The third-order valence-electron chi connectivity index (χ3n) is 4.15. The van der Waals surface area contributed by atoms with Crippen molar-refractivity contribution < 1.29 is 53.8 Å². The highest BCUT2D eigenvalue weighted by Gasteiger charge is 2.82. The van der Waals surface area contributed by atoms with Gasteiger partial charge in [-0.2, -0.15) is 39.5 Å². The maximum absolute atomic E-state index is 14.3. The van der Waals surface area contributed by atoms with Gasteiger partial charge in [0.05, 0.1) is 11.1 Å². The number of alkyl halides is 9. The van der Waals surface area contributed by atoms with Gasteiger partial charge < -0.3 is 4.74 Å². The van der Waals surface area contributed by atoms with E-state index >= 15 is 0 Å². The van der Waals surface area contributed by atoms with Crippen LogP contribution in [0.4, 0.5) is 39.5 Å². The van der Waals surface area contributed by atoms with Crippen molar-refractivity contribution in [1.29, 1.82) is 0 Å². The van der Waals surface area contributed by atoms with Crippen LogP contribution in [-0.2, 0) is 10.7 Å². The molecule has 0 radical (unpaired) electrons. The van der Waals surface area contributed by atoms with E-state index in [0.717, 1.165) is 12.1 Å². The molecule has 12 heteroatoms. The van der Waals surface area contributed by atoms with Gasteiger partial charge >= 0.3 is 35.9 Å². The Labute approximate surface area is 148 Å². The summed E-state index contributed by atoms with van der Waals surface area (Å²) in [5.74, 6) is -22.6. The summed E-state index contributed by atoms with van der Waals surface area (Å²) in [4.78, 5) is 23.4. The molecule has 0 aliphatic carbocycles. The molecule has 0 saturated carbocycles. The molecule has 0 saturated heterocycles. The minimum atomic E-state index is -7.07. The maximum Gasteiger partial charge on any atom is 0.460 e. The molecular formula is C16H5F9O3. The molecule has 3 nitrogen and oxygen atoms in total. The van der Waals surface area contributed by atoms with Gasteiger partial charge in [0.2, 0.25) is 0 Å². The van der Waals surface area contributed by atoms with E-state index < -0.39 is 63.3 Å². The molecule has 0 fully saturated rings. The molecule has 1 heterocycles. The topological polar surface area (TPSA) is 43.4 Å². The maximum atomic E-state index is 14.3. The van der Waals surface area contributed by atoms with Crippen LogP contribution >= 0.6 is 0 Å². The molecule has 0 spiro atoms. The predicted octanol–water partition coefficient (Wildman–Crippen LogP) is 5.08. The first-order valence-corrected chi connectivity index (χ1v) is 7.17. The number of halogens is 9. The summed E-state index contributed by atoms with van der Waals surface area (Å²) in [5.41, 5.74) is -2.95. The fourth-order valence-electron chi connectivity index (χ4n) is 2.76. The Morgan fingerprint density at radius 3 is 1.75 bits per heavy atom. The standard InChI is InChI=1S/C16H5F9O3/c17-13(18,14(19,20)15(21,22)16(23,24)25)9-5-4-8-10-6(9)2-1-3-7(10)11(26)28-12(8)27/h1-5H. The van der Waals surface area contributed by atoms with Gasteiger partial charge in [-0.1, -0.05) is 18.2 Å². The van der Waals surface area contributed by atoms with Crippen molar-refractivity contribution in [3.8, 4) is 0 Å². The number of carbonyl (C=O) groups is 2. The second-order valence-electron chi connectivity index (χ2n) is 5.79. The second kappa shape index (κ2) is 5.61. The number of benzene rings is 2. The van der Waals surface area contributed by atoms with Gasteiger partial charge in [0.15, 0.2) is 0 Å². The summed E-state index contributed by atoms with van der Waals surface area (Å²) in [6.07, 6.45) is -6.97. The lowest BCUT2D eigenvalue weighted by atomic mass is 9.88. The quantitative estimate of drug-likeness (QED) is 0.399. The van der Waals surface area contributed by atoms with Crippen LogP contribution in [-0.4, -0.2) is 30.0 Å². The van der Waals surface area contributed by atoms with Crippen LogP contribution in [0.5, 0.6) is 0 Å². The average Bonchev–Trinajstić information content (AvgIpc) is 2.57. The van der Waals surface area contributed by atoms with Crippen LogP contribution in [0, 0.1) is 0 Å². The molecule has 0 amide bonds. The lowest BCUT2D eigenvalue weighted by Crippen LogP contribution is -2.59. The molecule has 0 aromatic heterocycles. The molecule has 28 heavy (non-hydrogen) atoms. The SMILES string of the molecule is O=C1OC(=O)c2ccc(C(F)(F)C(F)(F)C(F)(F)C(F)(F)F)c3cccc1c23. The van der Waals surface area contributed by atoms with E-state index in [9.17, 15) is 49.1 Å². The fourth-order valence-corrected chi connectivity index (χ4v) is 2.76. The molecular weight excluding hydrogens is 411 g/mol. The Hall–Kier alpha value is -2.79. The largest absolute Gasteiger partial charge is 0.460 e. The van der Waals surface area contributed by atoms with E-state index in [1.165, 1.54) is 0 Å². The lowest BCUT2D eigenvalue weighted by Gasteiger charge is -2.34. The molecule has 1 aliphatic rings. The van der Waals surface area contributed by atoms with E-state index in [1.54, 1.807) is 0 Å². The zero-order valence-electron chi connectivity index (χ0n) is 13.0. The third-order valence-corrected chi connectivity index (χ3v) is 4.15. The lowest BCUT2D eigenvalue weighted by molar-refractivity contribution is -0.399. The molecule has 1 aliphatic heterocycles. The highest BCUT2D eigenvalue weighted by molar-refractivity contribution is 6.21. The summed E-state index contributed by atoms with van der Waals surface area (Å²) in [6.45, 7) is 0. The average molecular weight is 416 g/mol. The van der Waals surface area contributed by atoms with Crippen LogP contribution in [0.2, 0.25) is 0 Å². The number of hydrogen-bond acceptors (Lipinski definition) is 3. The minimum absolute atomic E-state index is 0.110. The first-order chi connectivity index (χ1) is 12.6. The Morgan fingerprint density at radius 1 is 0.679 bits per heavy atom. The molecule has 0 atom stereocenters. The van der Waals surface area contributed by atoms with E-state index in [0.29, 0.717) is 12.1 Å². The third kappa shape index (κ3) is 2.39. The number of hydrogen-bond donors (Lipinski definition) is 0. The molecule has 2 aromatic carbocycles. The van der Waals surface area contributed by atoms with Gasteiger partial charge in [-0.05, 0) is 17.5 Å². The summed E-state index contributed by atoms with van der Waals surface area (Å²) < 4.78 is 124. The molecule has 0 unspecified atom stereocenters. The van der Waals surface area contributed by atoms with Crippen molar-refractivity contribution in [2.45, 2.75) is 23.9 Å². The summed E-state index contributed by atoms with van der Waals surface area (Å²) in [6, 6.07) is 3.13. The molecule has 2 aromatic rings. The smallest absolute Gasteiger partial charge is 0.386 e. The van der Waals surface area contributed by atoms with E-state index in [2.05, 4.69) is 4.74 Å². The number of carbonyl (C=O) groups excluding carboxylic acids is 2. The Bertz CT molecular complexity index is 988. The normalized spacial score (nSPS) is 15.8. The number of ether oxygens (including phenoxy) is 1. The predicted molar refractivity (Wildman–Crippen MR) is 73.5 cm³/mol. The molecule has 3 rings (SSSR count). The number of cyclic esters (lactones) is 2. The van der Waals surface area contributed by atoms with Gasteiger partial charge in [0.1, 0.15) is 0 Å². The van der Waals surface area contributed by atoms with Crippen LogP contribution in [0.1, 0.15) is 26.3 Å². The van der Waals surface area contributed by atoms with Gasteiger partial charge in [-0.25, -0.2) is 9.59 Å². The highest BCUT2D eigenvalue weighted by atomic mass is 19.4. The highest BCUT2D eigenvalue weighted by Crippen LogP contribution is 2.57. The first-order valence-electron chi connectivity index (χ1n) is 7.17. The van der Waals surface area contributed by atoms with Crippen molar-refractivity contribution in [1.82, 2.24) is 0 Å². The van der Waals surface area contributed by atoms with Crippen molar-refractivity contribution in [3.05, 3.63) is 47.0 Å². The van der Waals surface area contributed by atoms with Crippen molar-refractivity contribution in [3.63, 3.8) is 0 Å². The summed E-state index contributed by atoms with van der Waals surface area (Å²) in [5, 5.41) is -1.59. The minimum Gasteiger partial charge on any atom is -0.386 e. The molecule has 0 bridgehead atoms. The van der Waals surface area contributed by atoms with Crippen LogP contribution in [0.25, 0.3) is 10.8 Å². The molecule has 150 valence electrons. The second-order valence-corrected chi connectivity index (χ2v) is 5.79. The molecule has 0 N–H and O–H groups in total. The Morgan fingerprint density at radius 2 is 1.21 bits per heavy atom. The summed E-state index contributed by atoms with van der Waals surface area (Å²) >= 11 is 0. The van der Waals surface area contributed by atoms with E-state index in [1.807, 2.05) is 0 Å². The van der Waals surface area contributed by atoms with Crippen molar-refractivity contribution in [2.75, 3.05) is 0 Å². The van der Waals surface area contributed by atoms with E-state index in [-0.39, 0.29) is 6.07 Å². The number of rotatable bonds is 3. The van der Waals surface area contributed by atoms with Crippen LogP contribution in [0.3, 0.4) is 0 Å². The first kappa shape index (κ1) is 20.0. The zero-order valence-corrected chi connectivity index (χ0v) is 13.0. The Kier molecular flexibility index (Phi) is 4.00. The van der Waals surface area contributed by atoms with Crippen molar-refractivity contribution >= 4 is 22.7 Å². The van der Waals surface area contributed by atoms with Gasteiger partial charge in [0, 0.05) is 10.9 Å². The van der Waals surface area contributed by atoms with Gasteiger partial charge in [0.25, 0.3) is 0 Å². The van der Waals surface area contributed by atoms with Crippen LogP contribution < -0.4 is 0 Å². The Balaban J connectivity index is 2.32.